The van der Waals surface area contributed by atoms with Crippen molar-refractivity contribution in [3.8, 4) is 0 Å². The predicted octanol–water partition coefficient (Wildman–Crippen LogP) is 6.33. The van der Waals surface area contributed by atoms with E-state index in [2.05, 4.69) is 21.2 Å². The molecule has 0 radical (unpaired) electrons. The molecule has 0 aliphatic carbocycles. The van der Waals surface area contributed by atoms with Crippen LogP contribution in [0.1, 0.15) is 45.2 Å². The van der Waals surface area contributed by atoms with Crippen molar-refractivity contribution in [2.45, 2.75) is 64.1 Å². The summed E-state index contributed by atoms with van der Waals surface area (Å²) < 4.78 is 29.6. The van der Waals surface area contributed by atoms with Gasteiger partial charge < -0.3 is 10.2 Å². The number of nitrogens with one attached hydrogen (secondary N) is 1. The summed E-state index contributed by atoms with van der Waals surface area (Å²) in [6.45, 7) is 8.78. The van der Waals surface area contributed by atoms with E-state index in [1.807, 2.05) is 34.6 Å². The van der Waals surface area contributed by atoms with Crippen LogP contribution in [0.2, 0.25) is 5.02 Å². The van der Waals surface area contributed by atoms with Gasteiger partial charge in [-0.1, -0.05) is 76.4 Å². The molecule has 3 aromatic carbocycles. The second kappa shape index (κ2) is 13.2. The second-order valence-electron chi connectivity index (χ2n) is 10.6. The average Bonchev–Trinajstić information content (AvgIpc) is 2.87. The zero-order chi connectivity index (χ0) is 29.7. The first kappa shape index (κ1) is 31.6. The lowest BCUT2D eigenvalue weighted by molar-refractivity contribution is -0.141. The zero-order valence-corrected chi connectivity index (χ0v) is 26.5. The number of hydrogen-bond donors (Lipinski definition) is 1. The molecule has 0 heterocycles. The molecule has 214 valence electrons. The molecule has 0 bridgehead atoms. The number of carbonyl (C=O) groups is 2. The first-order valence-electron chi connectivity index (χ1n) is 12.9. The molecular weight excluding hydrogens is 614 g/mol. The van der Waals surface area contributed by atoms with E-state index in [1.165, 1.54) is 17.0 Å². The van der Waals surface area contributed by atoms with Crippen molar-refractivity contribution >= 4 is 55.1 Å². The van der Waals surface area contributed by atoms with Crippen LogP contribution in [0.25, 0.3) is 0 Å². The summed E-state index contributed by atoms with van der Waals surface area (Å²) in [6.07, 6.45) is 0.319. The molecule has 10 heteroatoms. The van der Waals surface area contributed by atoms with E-state index in [-0.39, 0.29) is 17.3 Å². The Morgan fingerprint density at radius 2 is 1.65 bits per heavy atom. The van der Waals surface area contributed by atoms with Gasteiger partial charge in [-0.05, 0) is 76.1 Å². The molecule has 0 spiro atoms. The number of rotatable bonds is 10. The molecule has 1 N–H and O–H groups in total. The first-order valence-corrected chi connectivity index (χ1v) is 15.5. The molecular formula is C30H35BrClN3O4S. The van der Waals surface area contributed by atoms with Crippen LogP contribution >= 0.6 is 27.5 Å². The smallest absolute Gasteiger partial charge is 0.264 e. The van der Waals surface area contributed by atoms with Gasteiger partial charge in [-0.2, -0.15) is 0 Å². The minimum Gasteiger partial charge on any atom is -0.350 e. The van der Waals surface area contributed by atoms with Gasteiger partial charge in [-0.25, -0.2) is 8.42 Å². The molecule has 0 saturated heterocycles. The van der Waals surface area contributed by atoms with E-state index in [0.29, 0.717) is 27.2 Å². The summed E-state index contributed by atoms with van der Waals surface area (Å²) in [7, 11) is -4.14. The van der Waals surface area contributed by atoms with Crippen LogP contribution in [0.15, 0.2) is 82.2 Å². The molecule has 0 saturated carbocycles. The summed E-state index contributed by atoms with van der Waals surface area (Å²) in [5.41, 5.74) is 1.34. The lowest BCUT2D eigenvalue weighted by Gasteiger charge is -2.35. The maximum absolute atomic E-state index is 14.1. The van der Waals surface area contributed by atoms with Crippen molar-refractivity contribution < 1.29 is 18.0 Å². The van der Waals surface area contributed by atoms with Gasteiger partial charge in [0.2, 0.25) is 11.8 Å². The number of carbonyl (C=O) groups excluding carboxylic acids is 2. The van der Waals surface area contributed by atoms with Crippen molar-refractivity contribution in [3.63, 3.8) is 0 Å². The largest absolute Gasteiger partial charge is 0.350 e. The molecule has 3 aromatic rings. The minimum absolute atomic E-state index is 0.0332. The fourth-order valence-corrected chi connectivity index (χ4v) is 6.17. The third-order valence-electron chi connectivity index (χ3n) is 6.17. The Morgan fingerprint density at radius 1 is 1.00 bits per heavy atom. The Kier molecular flexibility index (Phi) is 10.4. The predicted molar refractivity (Wildman–Crippen MR) is 164 cm³/mol. The molecule has 0 aliphatic rings. The van der Waals surface area contributed by atoms with E-state index in [0.717, 1.165) is 9.87 Å². The summed E-state index contributed by atoms with van der Waals surface area (Å²) in [6, 6.07) is 19.4. The summed E-state index contributed by atoms with van der Waals surface area (Å²) in [4.78, 5) is 29.0. The summed E-state index contributed by atoms with van der Waals surface area (Å²) in [5, 5.41) is 3.40. The number of hydrogen-bond acceptors (Lipinski definition) is 4. The number of sulfonamides is 1. The number of halogens is 2. The van der Waals surface area contributed by atoms with Crippen molar-refractivity contribution in [2.75, 3.05) is 10.8 Å². The third kappa shape index (κ3) is 8.08. The molecule has 0 fully saturated rings. The van der Waals surface area contributed by atoms with Gasteiger partial charge in [0.25, 0.3) is 10.0 Å². The van der Waals surface area contributed by atoms with Crippen molar-refractivity contribution in [3.05, 3.63) is 93.4 Å². The lowest BCUT2D eigenvalue weighted by Crippen LogP contribution is -2.55. The number of anilines is 1. The van der Waals surface area contributed by atoms with Crippen LogP contribution in [-0.2, 0) is 26.2 Å². The van der Waals surface area contributed by atoms with Crippen LogP contribution < -0.4 is 9.62 Å². The molecule has 0 aromatic heterocycles. The van der Waals surface area contributed by atoms with Crippen LogP contribution in [0.5, 0.6) is 0 Å². The topological polar surface area (TPSA) is 86.8 Å². The van der Waals surface area contributed by atoms with Crippen LogP contribution in [0, 0.1) is 6.92 Å². The Labute approximate surface area is 250 Å². The number of aryl methyl sites for hydroxylation is 1. The molecule has 2 amide bonds. The van der Waals surface area contributed by atoms with E-state index < -0.39 is 34.1 Å². The van der Waals surface area contributed by atoms with E-state index in [4.69, 9.17) is 11.6 Å². The summed E-state index contributed by atoms with van der Waals surface area (Å²) in [5.74, 6) is -0.864. The Morgan fingerprint density at radius 3 is 2.23 bits per heavy atom. The Balaban J connectivity index is 2.09. The van der Waals surface area contributed by atoms with Crippen LogP contribution in [0.3, 0.4) is 0 Å². The number of nitrogens with zero attached hydrogens (tertiary/aromatic N) is 2. The minimum atomic E-state index is -4.14. The van der Waals surface area contributed by atoms with Crippen molar-refractivity contribution in [1.82, 2.24) is 10.2 Å². The molecule has 0 aliphatic heterocycles. The fraction of sp³-hybridized carbons (Fsp3) is 0.333. The van der Waals surface area contributed by atoms with Crippen LogP contribution in [-0.4, -0.2) is 43.3 Å². The van der Waals surface area contributed by atoms with Crippen molar-refractivity contribution in [1.29, 1.82) is 0 Å². The SMILES string of the molecule is CC[C@@H](C(=O)NC(C)(C)C)N(Cc1ccccc1Cl)C(=O)CN(c1cccc(Br)c1)S(=O)(=O)c1ccc(C)cc1. The molecule has 40 heavy (non-hydrogen) atoms. The van der Waals surface area contributed by atoms with E-state index in [9.17, 15) is 18.0 Å². The van der Waals surface area contributed by atoms with Gasteiger partial charge in [0.15, 0.2) is 0 Å². The van der Waals surface area contributed by atoms with Crippen molar-refractivity contribution in [2.24, 2.45) is 0 Å². The maximum Gasteiger partial charge on any atom is 0.264 e. The summed E-state index contributed by atoms with van der Waals surface area (Å²) >= 11 is 9.85. The van der Waals surface area contributed by atoms with Gasteiger partial charge in [0.1, 0.15) is 12.6 Å². The number of amides is 2. The normalized spacial score (nSPS) is 12.5. The van der Waals surface area contributed by atoms with Gasteiger partial charge in [-0.15, -0.1) is 0 Å². The molecule has 3 rings (SSSR count). The Hall–Kier alpha value is -2.88. The first-order chi connectivity index (χ1) is 18.7. The average molecular weight is 649 g/mol. The fourth-order valence-electron chi connectivity index (χ4n) is 4.18. The zero-order valence-electron chi connectivity index (χ0n) is 23.3. The highest BCUT2D eigenvalue weighted by atomic mass is 79.9. The second-order valence-corrected chi connectivity index (χ2v) is 13.8. The third-order valence-corrected chi connectivity index (χ3v) is 8.82. The number of benzene rings is 3. The van der Waals surface area contributed by atoms with E-state index >= 15 is 0 Å². The highest BCUT2D eigenvalue weighted by molar-refractivity contribution is 9.10. The van der Waals surface area contributed by atoms with Gasteiger partial charge >= 0.3 is 0 Å². The highest BCUT2D eigenvalue weighted by Gasteiger charge is 2.35. The highest BCUT2D eigenvalue weighted by Crippen LogP contribution is 2.28. The molecule has 7 nitrogen and oxygen atoms in total. The monoisotopic (exact) mass is 647 g/mol. The maximum atomic E-state index is 14.1. The molecule has 1 atom stereocenters. The van der Waals surface area contributed by atoms with E-state index in [1.54, 1.807) is 60.7 Å². The molecule has 0 unspecified atom stereocenters. The lowest BCUT2D eigenvalue weighted by atomic mass is 10.1. The van der Waals surface area contributed by atoms with Gasteiger partial charge in [-0.3, -0.25) is 13.9 Å². The standard InChI is InChI=1S/C30H35BrClN3O4S/c1-6-27(29(37)33-30(3,4)5)34(19-22-10-7-8-13-26(22)32)28(36)20-35(24-12-9-11-23(31)18-24)40(38,39)25-16-14-21(2)15-17-25/h7-18,27H,6,19-20H2,1-5H3,(H,33,37)/t27-/m0/s1. The quantitative estimate of drug-likeness (QED) is 0.279. The van der Waals surface area contributed by atoms with Gasteiger partial charge in [0.05, 0.1) is 10.6 Å². The van der Waals surface area contributed by atoms with Gasteiger partial charge in [0, 0.05) is 21.6 Å². The Bertz CT molecular complexity index is 1460. The van der Waals surface area contributed by atoms with Crippen LogP contribution in [0.4, 0.5) is 5.69 Å².